The van der Waals surface area contributed by atoms with Gasteiger partial charge in [0.25, 0.3) is 5.69 Å². The lowest BCUT2D eigenvalue weighted by Gasteiger charge is -2.06. The Labute approximate surface area is 159 Å². The zero-order chi connectivity index (χ0) is 20.5. The van der Waals surface area contributed by atoms with Gasteiger partial charge in [-0.15, -0.1) is 0 Å². The molecule has 0 atom stereocenters. The Bertz CT molecular complexity index is 899. The van der Waals surface area contributed by atoms with E-state index in [0.717, 1.165) is 11.6 Å². The van der Waals surface area contributed by atoms with E-state index in [1.807, 2.05) is 30.3 Å². The molecule has 0 unspecified atom stereocenters. The highest BCUT2D eigenvalue weighted by Crippen LogP contribution is 2.24. The zero-order valence-corrected chi connectivity index (χ0v) is 14.6. The summed E-state index contributed by atoms with van der Waals surface area (Å²) in [5.74, 6) is -2.48. The van der Waals surface area contributed by atoms with E-state index in [0.29, 0.717) is 12.5 Å². The molecule has 2 rings (SSSR count). The van der Waals surface area contributed by atoms with Crippen molar-refractivity contribution in [2.24, 2.45) is 0 Å². The minimum atomic E-state index is -1.58. The molecule has 0 saturated carbocycles. The Morgan fingerprint density at radius 2 is 1.96 bits per heavy atom. The topological polar surface area (TPSA) is 119 Å². The summed E-state index contributed by atoms with van der Waals surface area (Å²) >= 11 is 0. The van der Waals surface area contributed by atoms with Gasteiger partial charge in [-0.2, -0.15) is 0 Å². The molecule has 28 heavy (non-hydrogen) atoms. The molecular formula is C19H17FN2O6. The largest absolute Gasteiger partial charge is 0.477 e. The summed E-state index contributed by atoms with van der Waals surface area (Å²) in [5, 5.41) is 22.4. The van der Waals surface area contributed by atoms with E-state index in [1.165, 1.54) is 12.2 Å². The smallest absolute Gasteiger partial charge is 0.407 e. The maximum absolute atomic E-state index is 13.9. The Morgan fingerprint density at radius 3 is 2.61 bits per heavy atom. The molecule has 0 heterocycles. The summed E-state index contributed by atoms with van der Waals surface area (Å²) in [6, 6.07) is 10.6. The summed E-state index contributed by atoms with van der Waals surface area (Å²) in [4.78, 5) is 32.6. The SMILES string of the molecule is O=C(NCCC=Cc1cc([N+](=O)[O-])c(C(=O)O)cc1F)OCc1ccccc1. The molecule has 0 aliphatic rings. The first-order valence-corrected chi connectivity index (χ1v) is 8.21. The van der Waals surface area contributed by atoms with Gasteiger partial charge < -0.3 is 15.2 Å². The highest BCUT2D eigenvalue weighted by atomic mass is 19.1. The number of rotatable bonds is 8. The molecule has 1 amide bonds. The minimum Gasteiger partial charge on any atom is -0.477 e. The molecular weight excluding hydrogens is 371 g/mol. The molecule has 9 heteroatoms. The maximum atomic E-state index is 13.9. The number of carbonyl (C=O) groups is 2. The molecule has 0 aromatic heterocycles. The van der Waals surface area contributed by atoms with Crippen molar-refractivity contribution < 1.29 is 28.7 Å². The number of ether oxygens (including phenoxy) is 1. The van der Waals surface area contributed by atoms with Crippen LogP contribution >= 0.6 is 0 Å². The van der Waals surface area contributed by atoms with Crippen molar-refractivity contribution in [2.75, 3.05) is 6.54 Å². The second kappa shape index (κ2) is 9.81. The third-order valence-electron chi connectivity index (χ3n) is 3.63. The molecule has 146 valence electrons. The number of carboxylic acids is 1. The number of benzene rings is 2. The van der Waals surface area contributed by atoms with Crippen LogP contribution in [0.15, 0.2) is 48.5 Å². The van der Waals surface area contributed by atoms with Crippen LogP contribution in [0, 0.1) is 15.9 Å². The third kappa shape index (κ3) is 5.90. The van der Waals surface area contributed by atoms with Crippen LogP contribution in [0.3, 0.4) is 0 Å². The van der Waals surface area contributed by atoms with E-state index >= 15 is 0 Å². The van der Waals surface area contributed by atoms with Gasteiger partial charge in [-0.3, -0.25) is 10.1 Å². The van der Waals surface area contributed by atoms with Crippen molar-refractivity contribution in [2.45, 2.75) is 13.0 Å². The first-order chi connectivity index (χ1) is 13.4. The van der Waals surface area contributed by atoms with Crippen LogP contribution in [0.25, 0.3) is 6.08 Å². The van der Waals surface area contributed by atoms with Crippen LogP contribution in [0.2, 0.25) is 0 Å². The molecule has 0 radical (unpaired) electrons. The number of nitro groups is 1. The van der Waals surface area contributed by atoms with E-state index in [9.17, 15) is 24.1 Å². The van der Waals surface area contributed by atoms with E-state index in [-0.39, 0.29) is 18.7 Å². The summed E-state index contributed by atoms with van der Waals surface area (Å²) in [6.45, 7) is 0.342. The molecule has 0 aliphatic heterocycles. The summed E-state index contributed by atoms with van der Waals surface area (Å²) in [6.07, 6.45) is 2.49. The lowest BCUT2D eigenvalue weighted by molar-refractivity contribution is -0.385. The predicted molar refractivity (Wildman–Crippen MR) is 98.3 cm³/mol. The standard InChI is InChI=1S/C19H17FN2O6/c20-16-11-15(18(23)24)17(22(26)27)10-14(16)8-4-5-9-21-19(25)28-12-13-6-2-1-3-7-13/h1-4,6-8,10-11H,5,9,12H2,(H,21,25)(H,23,24). The van der Waals surface area contributed by atoms with E-state index < -0.39 is 34.1 Å². The number of amides is 1. The molecule has 0 fully saturated rings. The summed E-state index contributed by atoms with van der Waals surface area (Å²) in [7, 11) is 0. The van der Waals surface area contributed by atoms with Gasteiger partial charge >= 0.3 is 12.1 Å². The van der Waals surface area contributed by atoms with Crippen molar-refractivity contribution in [3.63, 3.8) is 0 Å². The fraction of sp³-hybridized carbons (Fsp3) is 0.158. The number of alkyl carbamates (subject to hydrolysis) is 1. The number of hydrogen-bond acceptors (Lipinski definition) is 5. The lowest BCUT2D eigenvalue weighted by atomic mass is 10.1. The highest BCUT2D eigenvalue weighted by Gasteiger charge is 2.22. The van der Waals surface area contributed by atoms with Gasteiger partial charge in [0.1, 0.15) is 18.0 Å². The van der Waals surface area contributed by atoms with Gasteiger partial charge in [0.05, 0.1) is 4.92 Å². The molecule has 2 aromatic rings. The van der Waals surface area contributed by atoms with E-state index in [1.54, 1.807) is 0 Å². The van der Waals surface area contributed by atoms with Crippen molar-refractivity contribution in [3.05, 3.63) is 81.2 Å². The second-order valence-electron chi connectivity index (χ2n) is 5.63. The Kier molecular flexibility index (Phi) is 7.21. The fourth-order valence-corrected chi connectivity index (χ4v) is 2.27. The Balaban J connectivity index is 1.85. The molecule has 0 bridgehead atoms. The molecule has 0 aliphatic carbocycles. The van der Waals surface area contributed by atoms with Crippen LogP contribution in [0.4, 0.5) is 14.9 Å². The number of nitrogens with zero attached hydrogens (tertiary/aromatic N) is 1. The van der Waals surface area contributed by atoms with E-state index in [2.05, 4.69) is 5.32 Å². The first-order valence-electron chi connectivity index (χ1n) is 8.21. The number of nitrogens with one attached hydrogen (secondary N) is 1. The molecule has 0 saturated heterocycles. The van der Waals surface area contributed by atoms with Gasteiger partial charge in [0, 0.05) is 18.2 Å². The van der Waals surface area contributed by atoms with Gasteiger partial charge in [0.2, 0.25) is 0 Å². The predicted octanol–water partition coefficient (Wildman–Crippen LogP) is 3.76. The van der Waals surface area contributed by atoms with Crippen molar-refractivity contribution >= 4 is 23.8 Å². The number of carbonyl (C=O) groups excluding carboxylic acids is 1. The number of carboxylic acid groups (broad SMARTS) is 1. The van der Waals surface area contributed by atoms with Crippen LogP contribution in [-0.4, -0.2) is 28.6 Å². The normalized spacial score (nSPS) is 10.6. The Hall–Kier alpha value is -3.75. The van der Waals surface area contributed by atoms with Gasteiger partial charge in [-0.25, -0.2) is 14.0 Å². The molecule has 8 nitrogen and oxygen atoms in total. The maximum Gasteiger partial charge on any atom is 0.407 e. The second-order valence-corrected chi connectivity index (χ2v) is 5.63. The van der Waals surface area contributed by atoms with Gasteiger partial charge in [0.15, 0.2) is 0 Å². The van der Waals surface area contributed by atoms with E-state index in [4.69, 9.17) is 9.84 Å². The van der Waals surface area contributed by atoms with Crippen molar-refractivity contribution in [1.29, 1.82) is 0 Å². The molecule has 2 aromatic carbocycles. The third-order valence-corrected chi connectivity index (χ3v) is 3.63. The van der Waals surface area contributed by atoms with Gasteiger partial charge in [-0.05, 0) is 18.1 Å². The van der Waals surface area contributed by atoms with Crippen LogP contribution in [0.1, 0.15) is 27.9 Å². The number of halogens is 1. The number of nitro benzene ring substituents is 1. The fourth-order valence-electron chi connectivity index (χ4n) is 2.27. The summed E-state index contributed by atoms with van der Waals surface area (Å²) in [5.41, 5.74) is -0.693. The monoisotopic (exact) mass is 388 g/mol. The average Bonchev–Trinajstić information content (AvgIpc) is 2.67. The highest BCUT2D eigenvalue weighted by molar-refractivity contribution is 5.92. The average molecular weight is 388 g/mol. The summed E-state index contributed by atoms with van der Waals surface area (Å²) < 4.78 is 19.0. The van der Waals surface area contributed by atoms with Crippen LogP contribution < -0.4 is 5.32 Å². The molecule has 0 spiro atoms. The number of aromatic carboxylic acids is 1. The van der Waals surface area contributed by atoms with Crippen molar-refractivity contribution in [1.82, 2.24) is 5.32 Å². The van der Waals surface area contributed by atoms with Crippen LogP contribution in [0.5, 0.6) is 0 Å². The van der Waals surface area contributed by atoms with Crippen LogP contribution in [-0.2, 0) is 11.3 Å². The number of hydrogen-bond donors (Lipinski definition) is 2. The quantitative estimate of drug-likeness (QED) is 0.404. The first kappa shape index (κ1) is 20.6. The zero-order valence-electron chi connectivity index (χ0n) is 14.6. The Morgan fingerprint density at radius 1 is 1.25 bits per heavy atom. The van der Waals surface area contributed by atoms with Crippen molar-refractivity contribution in [3.8, 4) is 0 Å². The van der Waals surface area contributed by atoms with Gasteiger partial charge in [-0.1, -0.05) is 42.5 Å². The minimum absolute atomic E-state index is 0.122. The lowest BCUT2D eigenvalue weighted by Crippen LogP contribution is -2.24. The molecule has 2 N–H and O–H groups in total.